The van der Waals surface area contributed by atoms with Crippen molar-refractivity contribution < 1.29 is 9.72 Å². The summed E-state index contributed by atoms with van der Waals surface area (Å²) in [6.07, 6.45) is 3.54. The van der Waals surface area contributed by atoms with Crippen molar-refractivity contribution in [1.82, 2.24) is 9.47 Å². The Morgan fingerprint density at radius 3 is 2.43 bits per heavy atom. The van der Waals surface area contributed by atoms with Crippen molar-refractivity contribution in [1.29, 1.82) is 5.26 Å². The van der Waals surface area contributed by atoms with Gasteiger partial charge in [-0.3, -0.25) is 14.9 Å². The summed E-state index contributed by atoms with van der Waals surface area (Å²) < 4.78 is 1.98. The summed E-state index contributed by atoms with van der Waals surface area (Å²) in [7, 11) is 0. The molecule has 0 radical (unpaired) electrons. The highest BCUT2D eigenvalue weighted by Gasteiger charge is 2.24. The fourth-order valence-corrected chi connectivity index (χ4v) is 4.76. The molecule has 1 fully saturated rings. The normalized spacial score (nSPS) is 14.0. The number of rotatable bonds is 6. The Kier molecular flexibility index (Phi) is 6.68. The van der Waals surface area contributed by atoms with E-state index in [2.05, 4.69) is 23.1 Å². The number of benzene rings is 3. The second-order valence-corrected chi connectivity index (χ2v) is 8.94. The molecule has 0 N–H and O–H groups in total. The summed E-state index contributed by atoms with van der Waals surface area (Å²) in [5.74, 6) is -0.272. The zero-order chi connectivity index (χ0) is 25.8. The van der Waals surface area contributed by atoms with Crippen molar-refractivity contribution in [3.8, 4) is 6.07 Å². The molecule has 0 aliphatic carbocycles. The minimum absolute atomic E-state index is 0.0406. The highest BCUT2D eigenvalue weighted by Crippen LogP contribution is 2.26. The van der Waals surface area contributed by atoms with Crippen LogP contribution in [0.5, 0.6) is 0 Å². The average Bonchev–Trinajstić information content (AvgIpc) is 3.29. The molecule has 1 aliphatic rings. The van der Waals surface area contributed by atoms with Gasteiger partial charge in [0.15, 0.2) is 0 Å². The first-order chi connectivity index (χ1) is 18.0. The number of carbonyl (C=O) groups excluding carboxylic acids is 1. The number of aromatic nitrogens is 1. The number of nitrogens with zero attached hydrogens (tertiary/aromatic N) is 5. The number of amides is 1. The first-order valence-electron chi connectivity index (χ1n) is 12.1. The van der Waals surface area contributed by atoms with E-state index in [4.69, 9.17) is 0 Å². The van der Waals surface area contributed by atoms with E-state index in [0.29, 0.717) is 32.7 Å². The van der Waals surface area contributed by atoms with Gasteiger partial charge in [-0.1, -0.05) is 48.5 Å². The molecule has 5 rings (SSSR count). The van der Waals surface area contributed by atoms with E-state index in [-0.39, 0.29) is 17.2 Å². The summed E-state index contributed by atoms with van der Waals surface area (Å²) in [6, 6.07) is 26.5. The minimum atomic E-state index is -0.407. The van der Waals surface area contributed by atoms with Gasteiger partial charge in [0.25, 0.3) is 11.6 Å². The van der Waals surface area contributed by atoms with Crippen LogP contribution < -0.4 is 4.90 Å². The third-order valence-electron chi connectivity index (χ3n) is 6.63. The molecule has 8 heteroatoms. The average molecular weight is 492 g/mol. The minimum Gasteiger partial charge on any atom is -0.368 e. The first-order valence-corrected chi connectivity index (χ1v) is 12.1. The van der Waals surface area contributed by atoms with Gasteiger partial charge in [0.05, 0.1) is 4.92 Å². The van der Waals surface area contributed by atoms with Crippen molar-refractivity contribution in [2.24, 2.45) is 0 Å². The lowest BCUT2D eigenvalue weighted by Gasteiger charge is -2.36. The fraction of sp³-hybridized carbons (Fsp3) is 0.172. The standard InChI is InChI=1S/C29H25N5O3/c30-19-23(29(35)32-15-13-31(14-16-32)25-8-2-1-3-9-25)18-24-21-33(28-12-5-4-11-27(24)28)20-22-7-6-10-26(17-22)34(36)37/h1-12,17-18,21H,13-16,20H2/b23-18-. The Morgan fingerprint density at radius 1 is 0.973 bits per heavy atom. The lowest BCUT2D eigenvalue weighted by atomic mass is 10.1. The van der Waals surface area contributed by atoms with E-state index in [1.165, 1.54) is 6.07 Å². The van der Waals surface area contributed by atoms with Gasteiger partial charge in [-0.25, -0.2) is 0 Å². The van der Waals surface area contributed by atoms with Gasteiger partial charge in [-0.2, -0.15) is 5.26 Å². The number of hydrogen-bond donors (Lipinski definition) is 0. The number of carbonyl (C=O) groups is 1. The molecule has 37 heavy (non-hydrogen) atoms. The van der Waals surface area contributed by atoms with E-state index in [1.54, 1.807) is 23.1 Å². The number of non-ortho nitro benzene ring substituents is 1. The van der Waals surface area contributed by atoms with Crippen LogP contribution in [0.4, 0.5) is 11.4 Å². The monoisotopic (exact) mass is 491 g/mol. The van der Waals surface area contributed by atoms with E-state index >= 15 is 0 Å². The van der Waals surface area contributed by atoms with Crippen LogP contribution in [0.3, 0.4) is 0 Å². The van der Waals surface area contributed by atoms with Gasteiger partial charge in [-0.05, 0) is 29.8 Å². The molecule has 1 amide bonds. The number of anilines is 1. The van der Waals surface area contributed by atoms with Crippen LogP contribution in [0.15, 0.2) is 90.6 Å². The largest absolute Gasteiger partial charge is 0.368 e. The molecule has 1 aromatic heterocycles. The van der Waals surface area contributed by atoms with Gasteiger partial charge in [0.2, 0.25) is 0 Å². The molecular formula is C29H25N5O3. The number of fused-ring (bicyclic) bond motifs is 1. The second-order valence-electron chi connectivity index (χ2n) is 8.94. The van der Waals surface area contributed by atoms with Gasteiger partial charge < -0.3 is 14.4 Å². The maximum Gasteiger partial charge on any atom is 0.269 e. The van der Waals surface area contributed by atoms with E-state index < -0.39 is 4.92 Å². The molecule has 3 aromatic carbocycles. The third kappa shape index (κ3) is 5.07. The maximum absolute atomic E-state index is 13.3. The molecule has 0 spiro atoms. The molecule has 8 nitrogen and oxygen atoms in total. The Balaban J connectivity index is 1.38. The van der Waals surface area contributed by atoms with Gasteiger partial charge in [-0.15, -0.1) is 0 Å². The van der Waals surface area contributed by atoms with Crippen LogP contribution in [0.1, 0.15) is 11.1 Å². The highest BCUT2D eigenvalue weighted by molar-refractivity contribution is 6.04. The highest BCUT2D eigenvalue weighted by atomic mass is 16.6. The van der Waals surface area contributed by atoms with E-state index in [1.807, 2.05) is 59.3 Å². The molecule has 1 aliphatic heterocycles. The number of hydrogen-bond acceptors (Lipinski definition) is 5. The molecule has 184 valence electrons. The zero-order valence-electron chi connectivity index (χ0n) is 20.2. The molecule has 2 heterocycles. The van der Waals surface area contributed by atoms with Crippen molar-refractivity contribution >= 4 is 34.3 Å². The van der Waals surface area contributed by atoms with E-state index in [9.17, 15) is 20.2 Å². The first kappa shape index (κ1) is 23.8. The number of nitro groups is 1. The number of para-hydroxylation sites is 2. The van der Waals surface area contributed by atoms with Crippen LogP contribution in [-0.4, -0.2) is 46.5 Å². The van der Waals surface area contributed by atoms with Crippen LogP contribution >= 0.6 is 0 Å². The van der Waals surface area contributed by atoms with Gasteiger partial charge >= 0.3 is 0 Å². The van der Waals surface area contributed by atoms with Crippen molar-refractivity contribution in [2.75, 3.05) is 31.1 Å². The molecule has 0 unspecified atom stereocenters. The predicted octanol–water partition coefficient (Wildman–Crippen LogP) is 4.85. The fourth-order valence-electron chi connectivity index (χ4n) is 4.76. The number of nitro benzene ring substituents is 1. The third-order valence-corrected chi connectivity index (χ3v) is 6.63. The van der Waals surface area contributed by atoms with Crippen LogP contribution in [0, 0.1) is 21.4 Å². The van der Waals surface area contributed by atoms with Gasteiger partial charge in [0, 0.05) is 73.2 Å². The van der Waals surface area contributed by atoms with E-state index in [0.717, 1.165) is 27.7 Å². The summed E-state index contributed by atoms with van der Waals surface area (Å²) in [6.45, 7) is 2.92. The Hall–Kier alpha value is -4.90. The molecule has 1 saturated heterocycles. The lowest BCUT2D eigenvalue weighted by Crippen LogP contribution is -2.49. The molecule has 4 aromatic rings. The topological polar surface area (TPSA) is 95.4 Å². The quantitative estimate of drug-likeness (QED) is 0.166. The molecule has 0 atom stereocenters. The van der Waals surface area contributed by atoms with Crippen LogP contribution in [-0.2, 0) is 11.3 Å². The summed E-state index contributed by atoms with van der Waals surface area (Å²) in [4.78, 5) is 28.0. The Morgan fingerprint density at radius 2 is 1.70 bits per heavy atom. The van der Waals surface area contributed by atoms with Crippen LogP contribution in [0.25, 0.3) is 17.0 Å². The summed E-state index contributed by atoms with van der Waals surface area (Å²) in [5, 5.41) is 22.0. The molecule has 0 saturated carbocycles. The Labute approximate surface area is 214 Å². The summed E-state index contributed by atoms with van der Waals surface area (Å²) >= 11 is 0. The smallest absolute Gasteiger partial charge is 0.269 e. The van der Waals surface area contributed by atoms with Gasteiger partial charge in [0.1, 0.15) is 11.6 Å². The summed E-state index contributed by atoms with van der Waals surface area (Å²) in [5.41, 5.74) is 3.72. The zero-order valence-corrected chi connectivity index (χ0v) is 20.2. The van der Waals surface area contributed by atoms with Crippen molar-refractivity contribution in [3.05, 3.63) is 112 Å². The predicted molar refractivity (Wildman–Crippen MR) is 143 cm³/mol. The van der Waals surface area contributed by atoms with Crippen molar-refractivity contribution in [2.45, 2.75) is 6.54 Å². The molecular weight excluding hydrogens is 466 g/mol. The maximum atomic E-state index is 13.3. The van der Waals surface area contributed by atoms with Crippen LogP contribution in [0.2, 0.25) is 0 Å². The Bertz CT molecular complexity index is 1530. The van der Waals surface area contributed by atoms with Crippen molar-refractivity contribution in [3.63, 3.8) is 0 Å². The number of piperazine rings is 1. The second kappa shape index (κ2) is 10.4. The molecule has 0 bridgehead atoms. The lowest BCUT2D eigenvalue weighted by molar-refractivity contribution is -0.384. The number of nitriles is 1. The SMILES string of the molecule is N#C/C(=C/c1cn(Cc2cccc([N+](=O)[O-])c2)c2ccccc12)C(=O)N1CCN(c2ccccc2)CC1.